The van der Waals surface area contributed by atoms with Crippen molar-refractivity contribution in [1.82, 2.24) is 4.57 Å². The van der Waals surface area contributed by atoms with E-state index in [0.29, 0.717) is 0 Å². The van der Waals surface area contributed by atoms with Crippen LogP contribution in [0, 0.1) is 0 Å². The van der Waals surface area contributed by atoms with Crippen LogP contribution in [-0.4, -0.2) is 4.57 Å². The lowest BCUT2D eigenvalue weighted by molar-refractivity contribution is 0.572. The molecule has 0 spiro atoms. The van der Waals surface area contributed by atoms with Crippen LogP contribution in [0.5, 0.6) is 0 Å². The number of hydrogen-bond donors (Lipinski definition) is 0. The Morgan fingerprint density at radius 2 is 0.613 bits per heavy atom. The molecule has 0 fully saturated rings. The van der Waals surface area contributed by atoms with Gasteiger partial charge in [-0.3, -0.25) is 0 Å². The highest BCUT2D eigenvalue weighted by atomic mass is 15.2. The molecule has 0 saturated carbocycles. The first-order valence-electron chi connectivity index (χ1n) is 27.4. The zero-order valence-electron chi connectivity index (χ0n) is 47.4. The van der Waals surface area contributed by atoms with Crippen molar-refractivity contribution in [1.29, 1.82) is 0 Å². The minimum absolute atomic E-state index is 0.00755. The standard InChI is InChI=1S/C72H75N3/c1-67(2,3)48-22-31-61-57(38-48)71(13,14)58-39-49(68(4,5)6)23-32-62(58)73(61)53-27-29-55-56-30-28-54(43-66(56)75(65(55)42-53)52-26-21-46-35-44-19-17-18-20-45(44)36-47(46)37-52)74-63-33-24-50(69(7,8)9)40-59(63)72(15,16)60-41-51(70(10,11)12)25-34-64(60)74/h17-43H,1-16H3. The van der Waals surface area contributed by atoms with Gasteiger partial charge in [-0.1, -0.05) is 202 Å². The Bertz CT molecular complexity index is 3660. The fourth-order valence-electron chi connectivity index (χ4n) is 12.5. The maximum atomic E-state index is 2.55. The number of hydrogen-bond acceptors (Lipinski definition) is 2. The normalized spacial score (nSPS) is 15.4. The lowest BCUT2D eigenvalue weighted by atomic mass is 9.70. The number of nitrogens with zero attached hydrogens (tertiary/aromatic N) is 3. The van der Waals surface area contributed by atoms with E-state index in [1.54, 1.807) is 0 Å². The van der Waals surface area contributed by atoms with Crippen molar-refractivity contribution in [3.8, 4) is 5.69 Å². The molecular formula is C72H75N3. The molecule has 0 bridgehead atoms. The molecule has 2 aliphatic heterocycles. The van der Waals surface area contributed by atoms with Crippen molar-refractivity contribution in [3.05, 3.63) is 208 Å². The van der Waals surface area contributed by atoms with Crippen molar-refractivity contribution in [2.75, 3.05) is 9.80 Å². The zero-order valence-corrected chi connectivity index (χ0v) is 47.4. The van der Waals surface area contributed by atoms with Crippen LogP contribution in [0.1, 0.15) is 155 Å². The second-order valence-corrected chi connectivity index (χ2v) is 27.3. The summed E-state index contributed by atoms with van der Waals surface area (Å²) in [5.74, 6) is 0. The number of aromatic nitrogens is 1. The van der Waals surface area contributed by atoms with E-state index < -0.39 is 0 Å². The second-order valence-electron chi connectivity index (χ2n) is 27.3. The Balaban J connectivity index is 1.13. The first-order valence-corrected chi connectivity index (χ1v) is 27.4. The third kappa shape index (κ3) is 7.73. The molecule has 0 unspecified atom stereocenters. The summed E-state index contributed by atoms with van der Waals surface area (Å²) in [7, 11) is 0. The molecule has 9 aromatic carbocycles. The van der Waals surface area contributed by atoms with Crippen molar-refractivity contribution in [3.63, 3.8) is 0 Å². The van der Waals surface area contributed by atoms with Crippen LogP contribution in [0.25, 0.3) is 49.0 Å². The van der Waals surface area contributed by atoms with Gasteiger partial charge in [0.05, 0.1) is 33.8 Å². The van der Waals surface area contributed by atoms with E-state index >= 15 is 0 Å². The molecule has 3 nitrogen and oxygen atoms in total. The topological polar surface area (TPSA) is 11.4 Å². The maximum absolute atomic E-state index is 2.55. The van der Waals surface area contributed by atoms with Crippen LogP contribution in [0.3, 0.4) is 0 Å². The van der Waals surface area contributed by atoms with E-state index in [9.17, 15) is 0 Å². The van der Waals surface area contributed by atoms with Gasteiger partial charge in [-0.2, -0.15) is 0 Å². The van der Waals surface area contributed by atoms with E-state index in [-0.39, 0.29) is 32.5 Å². The molecule has 2 aliphatic rings. The summed E-state index contributed by atoms with van der Waals surface area (Å²) in [5.41, 5.74) is 21.2. The third-order valence-electron chi connectivity index (χ3n) is 17.3. The zero-order chi connectivity index (χ0) is 53.1. The largest absolute Gasteiger partial charge is 0.310 e. The first kappa shape index (κ1) is 48.8. The number of fused-ring (bicyclic) bond motifs is 9. The van der Waals surface area contributed by atoms with E-state index in [1.807, 2.05) is 0 Å². The van der Waals surface area contributed by atoms with Crippen LogP contribution < -0.4 is 9.80 Å². The van der Waals surface area contributed by atoms with Gasteiger partial charge in [-0.05, 0) is 161 Å². The molecule has 0 amide bonds. The summed E-state index contributed by atoms with van der Waals surface area (Å²) in [6.07, 6.45) is 0. The monoisotopic (exact) mass is 982 g/mol. The minimum Gasteiger partial charge on any atom is -0.310 e. The predicted molar refractivity (Wildman–Crippen MR) is 324 cm³/mol. The van der Waals surface area contributed by atoms with Crippen LogP contribution in [-0.2, 0) is 32.5 Å². The van der Waals surface area contributed by atoms with Crippen LogP contribution >= 0.6 is 0 Å². The van der Waals surface area contributed by atoms with Gasteiger partial charge in [-0.25, -0.2) is 0 Å². The van der Waals surface area contributed by atoms with E-state index in [1.165, 1.54) is 111 Å². The molecule has 378 valence electrons. The SMILES string of the molecule is CC(C)(C)c1ccc2c(c1)C(C)(C)c1cc(C(C)(C)C)ccc1N2c1ccc2c3ccc(N4c5ccc(C(C)(C)C)cc5C(C)(C)c5cc(C(C)(C)C)ccc54)cc3n(-c3ccc4cc5ccccc5cc4c3)c2c1. The molecule has 0 saturated heterocycles. The summed E-state index contributed by atoms with van der Waals surface area (Å²) in [6, 6.07) is 63.9. The van der Waals surface area contributed by atoms with Gasteiger partial charge < -0.3 is 14.4 Å². The van der Waals surface area contributed by atoms with Crippen LogP contribution in [0.4, 0.5) is 34.1 Å². The Labute approximate surface area is 446 Å². The summed E-state index contributed by atoms with van der Waals surface area (Å²) < 4.78 is 2.55. The minimum atomic E-state index is -0.224. The Hall–Kier alpha value is -7.10. The highest BCUT2D eigenvalue weighted by Gasteiger charge is 2.41. The summed E-state index contributed by atoms with van der Waals surface area (Å²) in [6.45, 7) is 37.7. The van der Waals surface area contributed by atoms with Gasteiger partial charge in [0.2, 0.25) is 0 Å². The number of benzene rings is 9. The average molecular weight is 982 g/mol. The van der Waals surface area contributed by atoms with Crippen LogP contribution in [0.15, 0.2) is 164 Å². The highest BCUT2D eigenvalue weighted by Crippen LogP contribution is 2.56. The smallest absolute Gasteiger partial charge is 0.0561 e. The predicted octanol–water partition coefficient (Wildman–Crippen LogP) is 20.5. The van der Waals surface area contributed by atoms with Crippen molar-refractivity contribution in [2.45, 2.75) is 143 Å². The summed E-state index contributed by atoms with van der Waals surface area (Å²) in [5, 5.41) is 7.43. The summed E-state index contributed by atoms with van der Waals surface area (Å²) >= 11 is 0. The molecule has 75 heavy (non-hydrogen) atoms. The van der Waals surface area contributed by atoms with Crippen molar-refractivity contribution >= 4 is 77.5 Å². The quantitative estimate of drug-likeness (QED) is 0.163. The van der Waals surface area contributed by atoms with E-state index in [4.69, 9.17) is 0 Å². The highest BCUT2D eigenvalue weighted by molar-refractivity contribution is 6.12. The fourth-order valence-corrected chi connectivity index (χ4v) is 12.5. The van der Waals surface area contributed by atoms with Crippen LogP contribution in [0.2, 0.25) is 0 Å². The number of anilines is 6. The van der Waals surface area contributed by atoms with E-state index in [0.717, 1.165) is 17.1 Å². The summed E-state index contributed by atoms with van der Waals surface area (Å²) in [4.78, 5) is 5.10. The molecule has 1 aromatic heterocycles. The average Bonchev–Trinajstić information content (AvgIpc) is 3.70. The molecule has 0 radical (unpaired) electrons. The lowest BCUT2D eigenvalue weighted by Crippen LogP contribution is -2.32. The van der Waals surface area contributed by atoms with Crippen molar-refractivity contribution in [2.24, 2.45) is 0 Å². The van der Waals surface area contributed by atoms with Crippen molar-refractivity contribution < 1.29 is 0 Å². The fraction of sp³-hybridized carbons (Fsp3) is 0.306. The van der Waals surface area contributed by atoms with Gasteiger partial charge in [-0.15, -0.1) is 0 Å². The molecule has 0 atom stereocenters. The molecule has 3 heterocycles. The Kier molecular flexibility index (Phi) is 10.5. The van der Waals surface area contributed by atoms with Gasteiger partial charge >= 0.3 is 0 Å². The molecule has 10 aromatic rings. The lowest BCUT2D eigenvalue weighted by Gasteiger charge is -2.43. The molecule has 3 heteroatoms. The van der Waals surface area contributed by atoms with Gasteiger partial charge in [0.1, 0.15) is 0 Å². The van der Waals surface area contributed by atoms with Gasteiger partial charge in [0.15, 0.2) is 0 Å². The van der Waals surface area contributed by atoms with Gasteiger partial charge in [0.25, 0.3) is 0 Å². The maximum Gasteiger partial charge on any atom is 0.0561 e. The Morgan fingerprint density at radius 1 is 0.293 bits per heavy atom. The second kappa shape index (κ2) is 16.2. The number of rotatable bonds is 3. The molecular weight excluding hydrogens is 907 g/mol. The first-order chi connectivity index (χ1) is 35.2. The molecule has 0 aliphatic carbocycles. The van der Waals surface area contributed by atoms with Gasteiger partial charge in [0, 0.05) is 38.7 Å². The molecule has 12 rings (SSSR count). The third-order valence-corrected chi connectivity index (χ3v) is 17.3. The van der Waals surface area contributed by atoms with E-state index in [2.05, 4.69) is 289 Å². The Morgan fingerprint density at radius 3 is 0.960 bits per heavy atom. The molecule has 0 N–H and O–H groups in total.